The topological polar surface area (TPSA) is 73.8 Å². The van der Waals surface area contributed by atoms with Crippen molar-refractivity contribution in [1.29, 1.82) is 0 Å². The van der Waals surface area contributed by atoms with Gasteiger partial charge in [-0.1, -0.05) is 22.9 Å². The van der Waals surface area contributed by atoms with E-state index in [9.17, 15) is 13.2 Å². The van der Waals surface area contributed by atoms with E-state index >= 15 is 0 Å². The summed E-state index contributed by atoms with van der Waals surface area (Å²) in [5.41, 5.74) is 1.62. The van der Waals surface area contributed by atoms with Crippen LogP contribution in [-0.4, -0.2) is 75.5 Å². The summed E-state index contributed by atoms with van der Waals surface area (Å²) in [6.07, 6.45) is 1.08. The maximum Gasteiger partial charge on any atom is 0.244 e. The molecule has 1 aromatic heterocycles. The Hall–Kier alpha value is -1.26. The number of anilines is 1. The summed E-state index contributed by atoms with van der Waals surface area (Å²) in [6, 6.07) is 3.69. The molecule has 0 radical (unpaired) electrons. The minimum absolute atomic E-state index is 0.234. The minimum atomic E-state index is -3.44. The van der Waals surface area contributed by atoms with Crippen molar-refractivity contribution in [3.8, 4) is 0 Å². The number of benzene rings is 1. The predicted octanol–water partition coefficient (Wildman–Crippen LogP) is 2.04. The molecule has 0 unspecified atom stereocenters. The zero-order valence-corrected chi connectivity index (χ0v) is 17.9. The number of aromatic nitrogens is 1. The van der Waals surface area contributed by atoms with E-state index in [1.165, 1.54) is 18.4 Å². The van der Waals surface area contributed by atoms with Gasteiger partial charge in [-0.25, -0.2) is 13.4 Å². The Balaban J connectivity index is 2.38. The van der Waals surface area contributed by atoms with Gasteiger partial charge in [0, 0.05) is 25.2 Å². The molecular formula is C16H23ClN4O3S2. The van der Waals surface area contributed by atoms with Crippen LogP contribution in [0, 0.1) is 6.92 Å². The van der Waals surface area contributed by atoms with Crippen LogP contribution in [0.5, 0.6) is 0 Å². The number of hydrogen-bond acceptors (Lipinski definition) is 6. The average molecular weight is 419 g/mol. The second-order valence-corrected chi connectivity index (χ2v) is 9.89. The number of halogens is 1. The van der Waals surface area contributed by atoms with Gasteiger partial charge in [-0.05, 0) is 38.7 Å². The van der Waals surface area contributed by atoms with Crippen molar-refractivity contribution in [2.45, 2.75) is 6.92 Å². The SMILES string of the molecule is Cc1c(Cl)ccc2sc(N(CCN(C)C)C(=O)CN(C)S(C)(=O)=O)nc12. The molecule has 26 heavy (non-hydrogen) atoms. The molecule has 0 saturated carbocycles. The molecule has 0 bridgehead atoms. The number of fused-ring (bicyclic) bond motifs is 1. The maximum atomic E-state index is 12.8. The largest absolute Gasteiger partial charge is 0.308 e. The van der Waals surface area contributed by atoms with E-state index in [-0.39, 0.29) is 12.5 Å². The van der Waals surface area contributed by atoms with Crippen LogP contribution in [0.3, 0.4) is 0 Å². The lowest BCUT2D eigenvalue weighted by Gasteiger charge is -2.24. The van der Waals surface area contributed by atoms with Crippen LogP contribution >= 0.6 is 22.9 Å². The Kier molecular flexibility index (Phi) is 6.62. The van der Waals surface area contributed by atoms with Gasteiger partial charge in [0.15, 0.2) is 5.13 Å². The predicted molar refractivity (Wildman–Crippen MR) is 108 cm³/mol. The van der Waals surface area contributed by atoms with Crippen molar-refractivity contribution in [2.24, 2.45) is 0 Å². The fraction of sp³-hybridized carbons (Fsp3) is 0.500. The average Bonchev–Trinajstić information content (AvgIpc) is 2.94. The molecule has 7 nitrogen and oxygen atoms in total. The Morgan fingerprint density at radius 1 is 1.23 bits per heavy atom. The summed E-state index contributed by atoms with van der Waals surface area (Å²) in [5, 5.41) is 1.16. The monoisotopic (exact) mass is 418 g/mol. The summed E-state index contributed by atoms with van der Waals surface area (Å²) in [6.45, 7) is 2.69. The molecule has 0 fully saturated rings. The van der Waals surface area contributed by atoms with Crippen molar-refractivity contribution in [3.05, 3.63) is 22.7 Å². The zero-order valence-electron chi connectivity index (χ0n) is 15.5. The van der Waals surface area contributed by atoms with Crippen LogP contribution in [0.4, 0.5) is 5.13 Å². The molecule has 2 rings (SSSR count). The van der Waals surface area contributed by atoms with Crippen LogP contribution in [0.15, 0.2) is 12.1 Å². The van der Waals surface area contributed by atoms with Gasteiger partial charge in [-0.2, -0.15) is 4.31 Å². The van der Waals surface area contributed by atoms with Gasteiger partial charge in [0.25, 0.3) is 0 Å². The van der Waals surface area contributed by atoms with E-state index in [0.29, 0.717) is 23.2 Å². The molecule has 0 saturated heterocycles. The lowest BCUT2D eigenvalue weighted by molar-refractivity contribution is -0.118. The molecule has 1 heterocycles. The Morgan fingerprint density at radius 3 is 2.46 bits per heavy atom. The molecule has 1 aromatic carbocycles. The normalized spacial score (nSPS) is 12.3. The number of carbonyl (C=O) groups is 1. The molecule has 1 amide bonds. The zero-order chi connectivity index (χ0) is 19.6. The second-order valence-electron chi connectivity index (χ2n) is 6.38. The molecule has 0 aliphatic heterocycles. The Labute approximate surface area is 163 Å². The molecule has 144 valence electrons. The van der Waals surface area contributed by atoms with E-state index in [2.05, 4.69) is 4.98 Å². The van der Waals surface area contributed by atoms with Gasteiger partial charge in [-0.15, -0.1) is 0 Å². The molecule has 0 N–H and O–H groups in total. The molecule has 10 heteroatoms. The van der Waals surface area contributed by atoms with Gasteiger partial charge in [0.1, 0.15) is 0 Å². The molecule has 0 spiro atoms. The van der Waals surface area contributed by atoms with Crippen molar-refractivity contribution in [1.82, 2.24) is 14.2 Å². The summed E-state index contributed by atoms with van der Waals surface area (Å²) in [7, 11) is 1.77. The molecule has 0 aliphatic carbocycles. The quantitative estimate of drug-likeness (QED) is 0.687. The number of thiazole rings is 1. The second kappa shape index (κ2) is 8.18. The smallest absolute Gasteiger partial charge is 0.244 e. The van der Waals surface area contributed by atoms with E-state index in [4.69, 9.17) is 11.6 Å². The number of rotatable bonds is 7. The fourth-order valence-electron chi connectivity index (χ4n) is 2.22. The van der Waals surface area contributed by atoms with Crippen molar-refractivity contribution in [3.63, 3.8) is 0 Å². The molecular weight excluding hydrogens is 396 g/mol. The van der Waals surface area contributed by atoms with Gasteiger partial charge < -0.3 is 4.90 Å². The third kappa shape index (κ3) is 4.92. The summed E-state index contributed by atoms with van der Waals surface area (Å²) in [4.78, 5) is 20.9. The number of hydrogen-bond donors (Lipinski definition) is 0. The van der Waals surface area contributed by atoms with Crippen LogP contribution in [-0.2, 0) is 14.8 Å². The number of nitrogens with zero attached hydrogens (tertiary/aromatic N) is 4. The van der Waals surface area contributed by atoms with E-state index in [1.807, 2.05) is 38.1 Å². The summed E-state index contributed by atoms with van der Waals surface area (Å²) < 4.78 is 25.2. The first-order valence-corrected chi connectivity index (χ1v) is 11.0. The minimum Gasteiger partial charge on any atom is -0.308 e. The number of amides is 1. The Morgan fingerprint density at radius 2 is 1.88 bits per heavy atom. The van der Waals surface area contributed by atoms with Crippen LogP contribution in [0.2, 0.25) is 5.02 Å². The number of likely N-dealkylation sites (N-methyl/N-ethyl adjacent to an activating group) is 2. The molecule has 0 aliphatic rings. The highest BCUT2D eigenvalue weighted by atomic mass is 35.5. The lowest BCUT2D eigenvalue weighted by Crippen LogP contribution is -2.43. The third-order valence-electron chi connectivity index (χ3n) is 3.96. The van der Waals surface area contributed by atoms with Crippen LogP contribution in [0.25, 0.3) is 10.2 Å². The van der Waals surface area contributed by atoms with Gasteiger partial charge >= 0.3 is 0 Å². The first-order valence-electron chi connectivity index (χ1n) is 7.92. The van der Waals surface area contributed by atoms with Crippen molar-refractivity contribution >= 4 is 54.2 Å². The van der Waals surface area contributed by atoms with Gasteiger partial charge in [0.2, 0.25) is 15.9 Å². The molecule has 2 aromatic rings. The van der Waals surface area contributed by atoms with Crippen LogP contribution in [0.1, 0.15) is 5.56 Å². The van der Waals surface area contributed by atoms with Gasteiger partial charge in [0.05, 0.1) is 23.0 Å². The summed E-state index contributed by atoms with van der Waals surface area (Å²) in [5.74, 6) is -0.317. The molecule has 0 atom stereocenters. The van der Waals surface area contributed by atoms with E-state index in [1.54, 1.807) is 4.90 Å². The van der Waals surface area contributed by atoms with Crippen molar-refractivity contribution in [2.75, 3.05) is 51.9 Å². The number of sulfonamides is 1. The van der Waals surface area contributed by atoms with E-state index in [0.717, 1.165) is 26.3 Å². The maximum absolute atomic E-state index is 12.8. The Bertz CT molecular complexity index is 912. The number of carbonyl (C=O) groups excluding carboxylic acids is 1. The first kappa shape index (κ1) is 21.0. The highest BCUT2D eigenvalue weighted by Crippen LogP contribution is 2.33. The highest BCUT2D eigenvalue weighted by Gasteiger charge is 2.24. The number of aryl methyl sites for hydroxylation is 1. The lowest BCUT2D eigenvalue weighted by atomic mass is 10.2. The van der Waals surface area contributed by atoms with Gasteiger partial charge in [-0.3, -0.25) is 9.69 Å². The van der Waals surface area contributed by atoms with E-state index < -0.39 is 10.0 Å². The fourth-order valence-corrected chi connectivity index (χ4v) is 3.79. The standard InChI is InChI=1S/C16H23ClN4O3S2/c1-11-12(17)6-7-13-15(11)18-16(25-13)21(9-8-19(2)3)14(22)10-20(4)26(5,23)24/h6-7H,8-10H2,1-5H3. The van der Waals surface area contributed by atoms with Crippen molar-refractivity contribution < 1.29 is 13.2 Å². The van der Waals surface area contributed by atoms with Crippen LogP contribution < -0.4 is 4.90 Å². The first-order chi connectivity index (χ1) is 12.0. The third-order valence-corrected chi connectivity index (χ3v) is 6.68. The highest BCUT2D eigenvalue weighted by molar-refractivity contribution is 7.88. The summed E-state index contributed by atoms with van der Waals surface area (Å²) >= 11 is 7.56.